The third-order valence-corrected chi connectivity index (χ3v) is 4.87. The Kier molecular flexibility index (Phi) is 5.18. The number of carbonyl (C=O) groups is 1. The maximum Gasteiger partial charge on any atom is 0.233 e. The van der Waals surface area contributed by atoms with Gasteiger partial charge in [0.2, 0.25) is 11.1 Å². The van der Waals surface area contributed by atoms with Crippen molar-refractivity contribution in [2.45, 2.75) is 25.5 Å². The van der Waals surface area contributed by atoms with Crippen LogP contribution in [-0.2, 0) is 11.3 Å². The minimum absolute atomic E-state index is 0.0167. The van der Waals surface area contributed by atoms with Crippen molar-refractivity contribution in [1.82, 2.24) is 25.1 Å². The van der Waals surface area contributed by atoms with Crippen LogP contribution in [0.2, 0.25) is 0 Å². The van der Waals surface area contributed by atoms with Gasteiger partial charge in [-0.25, -0.2) is 0 Å². The van der Waals surface area contributed by atoms with Gasteiger partial charge < -0.3 is 9.32 Å². The highest BCUT2D eigenvalue weighted by Crippen LogP contribution is 2.22. The molecular formula is C17H19N5O2S. The number of benzene rings is 1. The van der Waals surface area contributed by atoms with Crippen molar-refractivity contribution >= 4 is 17.7 Å². The zero-order valence-corrected chi connectivity index (χ0v) is 15.2. The van der Waals surface area contributed by atoms with Gasteiger partial charge >= 0.3 is 0 Å². The molecule has 0 bridgehead atoms. The average molecular weight is 357 g/mol. The van der Waals surface area contributed by atoms with E-state index in [1.54, 1.807) is 29.0 Å². The smallest absolute Gasteiger partial charge is 0.233 e. The summed E-state index contributed by atoms with van der Waals surface area (Å²) in [5.74, 6) is 0.987. The summed E-state index contributed by atoms with van der Waals surface area (Å²) in [5, 5.41) is 12.5. The lowest BCUT2D eigenvalue weighted by molar-refractivity contribution is -0.127. The molecule has 0 aliphatic carbocycles. The molecule has 2 aromatic heterocycles. The molecule has 130 valence electrons. The van der Waals surface area contributed by atoms with E-state index >= 15 is 0 Å². The van der Waals surface area contributed by atoms with Crippen molar-refractivity contribution in [3.8, 4) is 5.69 Å². The number of carbonyl (C=O) groups excluding carboxylic acids is 1. The molecule has 3 aromatic rings. The number of rotatable bonds is 6. The zero-order valence-electron chi connectivity index (χ0n) is 14.3. The molecule has 25 heavy (non-hydrogen) atoms. The summed E-state index contributed by atoms with van der Waals surface area (Å²) in [6.45, 7) is 4.51. The van der Waals surface area contributed by atoms with E-state index in [4.69, 9.17) is 4.42 Å². The standard InChI is InChI=1S/C17H19N5O2S/c1-12-6-4-8-15(13(12)2)22-17(18-19-20-22)25-11-16(23)21(3)10-14-7-5-9-24-14/h4-9H,10-11H2,1-3H3. The summed E-state index contributed by atoms with van der Waals surface area (Å²) >= 11 is 1.32. The zero-order chi connectivity index (χ0) is 17.8. The van der Waals surface area contributed by atoms with E-state index in [1.807, 2.05) is 38.1 Å². The number of hydrogen-bond donors (Lipinski definition) is 0. The number of thioether (sulfide) groups is 1. The Balaban J connectivity index is 1.67. The van der Waals surface area contributed by atoms with Crippen LogP contribution in [0.3, 0.4) is 0 Å². The van der Waals surface area contributed by atoms with E-state index in [-0.39, 0.29) is 11.7 Å². The van der Waals surface area contributed by atoms with Gasteiger partial charge in [-0.15, -0.1) is 5.10 Å². The summed E-state index contributed by atoms with van der Waals surface area (Å²) in [5.41, 5.74) is 3.19. The summed E-state index contributed by atoms with van der Waals surface area (Å²) in [6.07, 6.45) is 1.60. The molecule has 0 fully saturated rings. The summed E-state index contributed by atoms with van der Waals surface area (Å²) in [6, 6.07) is 9.63. The first-order valence-corrected chi connectivity index (χ1v) is 8.79. The number of aryl methyl sites for hydroxylation is 1. The topological polar surface area (TPSA) is 77.1 Å². The molecule has 7 nitrogen and oxygen atoms in total. The highest BCUT2D eigenvalue weighted by atomic mass is 32.2. The van der Waals surface area contributed by atoms with Gasteiger partial charge in [-0.1, -0.05) is 23.9 Å². The first kappa shape index (κ1) is 17.2. The monoisotopic (exact) mass is 357 g/mol. The van der Waals surface area contributed by atoms with Crippen molar-refractivity contribution in [3.05, 3.63) is 53.5 Å². The van der Waals surface area contributed by atoms with E-state index in [2.05, 4.69) is 15.5 Å². The minimum atomic E-state index is -0.0167. The van der Waals surface area contributed by atoms with Crippen molar-refractivity contribution < 1.29 is 9.21 Å². The Labute approximate surface area is 150 Å². The van der Waals surface area contributed by atoms with Crippen LogP contribution in [0.15, 0.2) is 46.2 Å². The van der Waals surface area contributed by atoms with Gasteiger partial charge in [0, 0.05) is 7.05 Å². The number of hydrogen-bond acceptors (Lipinski definition) is 6. The van der Waals surface area contributed by atoms with Crippen LogP contribution in [0.25, 0.3) is 5.69 Å². The van der Waals surface area contributed by atoms with Crippen LogP contribution >= 0.6 is 11.8 Å². The van der Waals surface area contributed by atoms with Gasteiger partial charge in [0.1, 0.15) is 5.76 Å². The molecule has 0 spiro atoms. The van der Waals surface area contributed by atoms with Crippen LogP contribution in [0, 0.1) is 13.8 Å². The Hall–Kier alpha value is -2.61. The molecule has 0 aliphatic heterocycles. The fourth-order valence-electron chi connectivity index (χ4n) is 2.35. The number of amides is 1. The third kappa shape index (κ3) is 3.90. The lowest BCUT2D eigenvalue weighted by Crippen LogP contribution is -2.27. The van der Waals surface area contributed by atoms with Gasteiger partial charge in [-0.05, 0) is 53.6 Å². The predicted octanol–water partition coefficient (Wildman–Crippen LogP) is 2.62. The molecule has 8 heteroatoms. The number of nitrogens with zero attached hydrogens (tertiary/aromatic N) is 5. The third-order valence-electron chi connectivity index (χ3n) is 3.97. The fourth-order valence-corrected chi connectivity index (χ4v) is 3.17. The highest BCUT2D eigenvalue weighted by molar-refractivity contribution is 7.99. The van der Waals surface area contributed by atoms with Gasteiger partial charge in [0.25, 0.3) is 0 Å². The van der Waals surface area contributed by atoms with Crippen molar-refractivity contribution in [2.24, 2.45) is 0 Å². The molecule has 0 saturated carbocycles. The molecule has 0 atom stereocenters. The summed E-state index contributed by atoms with van der Waals surface area (Å²) in [4.78, 5) is 13.9. The Morgan fingerprint density at radius 2 is 2.12 bits per heavy atom. The minimum Gasteiger partial charge on any atom is -0.467 e. The van der Waals surface area contributed by atoms with Gasteiger partial charge in [0.15, 0.2) is 0 Å². The molecule has 3 rings (SSSR count). The number of furan rings is 1. The molecule has 2 heterocycles. The molecule has 0 radical (unpaired) electrons. The largest absolute Gasteiger partial charge is 0.467 e. The molecule has 1 amide bonds. The molecule has 0 aliphatic rings. The predicted molar refractivity (Wildman–Crippen MR) is 94.5 cm³/mol. The summed E-state index contributed by atoms with van der Waals surface area (Å²) < 4.78 is 6.94. The van der Waals surface area contributed by atoms with Crippen molar-refractivity contribution in [3.63, 3.8) is 0 Å². The SMILES string of the molecule is Cc1cccc(-n2nnnc2SCC(=O)N(C)Cc2ccco2)c1C. The van der Waals surface area contributed by atoms with Gasteiger partial charge in [0.05, 0.1) is 24.2 Å². The van der Waals surface area contributed by atoms with Crippen LogP contribution in [0.5, 0.6) is 0 Å². The van der Waals surface area contributed by atoms with E-state index in [0.29, 0.717) is 11.7 Å². The summed E-state index contributed by atoms with van der Waals surface area (Å²) in [7, 11) is 1.75. The molecule has 0 N–H and O–H groups in total. The quantitative estimate of drug-likeness (QED) is 0.631. The van der Waals surface area contributed by atoms with E-state index in [9.17, 15) is 4.79 Å². The van der Waals surface area contributed by atoms with Gasteiger partial charge in [-0.3, -0.25) is 4.79 Å². The van der Waals surface area contributed by atoms with Crippen molar-refractivity contribution in [1.29, 1.82) is 0 Å². The van der Waals surface area contributed by atoms with Crippen LogP contribution < -0.4 is 0 Å². The molecule has 0 saturated heterocycles. The van der Waals surface area contributed by atoms with Crippen LogP contribution in [0.4, 0.5) is 0 Å². The Morgan fingerprint density at radius 1 is 1.28 bits per heavy atom. The maximum absolute atomic E-state index is 12.3. The van der Waals surface area contributed by atoms with E-state index in [1.165, 1.54) is 17.3 Å². The lowest BCUT2D eigenvalue weighted by Gasteiger charge is -2.15. The molecule has 1 aromatic carbocycles. The first-order chi connectivity index (χ1) is 12.1. The Morgan fingerprint density at radius 3 is 2.88 bits per heavy atom. The van der Waals surface area contributed by atoms with E-state index < -0.39 is 0 Å². The molecular weight excluding hydrogens is 338 g/mol. The molecule has 0 unspecified atom stereocenters. The second-order valence-electron chi connectivity index (χ2n) is 5.71. The second-order valence-corrected chi connectivity index (χ2v) is 6.65. The highest BCUT2D eigenvalue weighted by Gasteiger charge is 2.16. The fraction of sp³-hybridized carbons (Fsp3) is 0.294. The van der Waals surface area contributed by atoms with Crippen molar-refractivity contribution in [2.75, 3.05) is 12.8 Å². The average Bonchev–Trinajstić information content (AvgIpc) is 3.26. The normalized spacial score (nSPS) is 10.8. The lowest BCUT2D eigenvalue weighted by atomic mass is 10.1. The van der Waals surface area contributed by atoms with E-state index in [0.717, 1.165) is 17.0 Å². The van der Waals surface area contributed by atoms with Gasteiger partial charge in [-0.2, -0.15) is 4.68 Å². The number of aromatic nitrogens is 4. The first-order valence-electron chi connectivity index (χ1n) is 7.80. The van der Waals surface area contributed by atoms with Crippen LogP contribution in [0.1, 0.15) is 16.9 Å². The number of tetrazole rings is 1. The maximum atomic E-state index is 12.3. The second kappa shape index (κ2) is 7.52. The van der Waals surface area contributed by atoms with Crippen LogP contribution in [-0.4, -0.2) is 43.8 Å². The Bertz CT molecular complexity index is 860.